The summed E-state index contributed by atoms with van der Waals surface area (Å²) < 4.78 is 0. The molecular formula is C76H82N2. The molecule has 0 bridgehead atoms. The van der Waals surface area contributed by atoms with Gasteiger partial charge in [0.2, 0.25) is 0 Å². The molecule has 78 heavy (non-hydrogen) atoms. The highest BCUT2D eigenvalue weighted by Gasteiger charge is 2.41. The lowest BCUT2D eigenvalue weighted by molar-refractivity contribution is 0.443. The van der Waals surface area contributed by atoms with Crippen LogP contribution in [0.5, 0.6) is 0 Å². The highest BCUT2D eigenvalue weighted by molar-refractivity contribution is 6.11. The highest BCUT2D eigenvalue weighted by atomic mass is 15.1. The van der Waals surface area contributed by atoms with Crippen molar-refractivity contribution in [3.8, 4) is 22.3 Å². The molecule has 0 N–H and O–H groups in total. The van der Waals surface area contributed by atoms with Gasteiger partial charge in [0.1, 0.15) is 0 Å². The lowest BCUT2D eigenvalue weighted by atomic mass is 9.67. The van der Waals surface area contributed by atoms with Gasteiger partial charge in [0.25, 0.3) is 0 Å². The molecule has 0 atom stereocenters. The topological polar surface area (TPSA) is 6.48 Å². The number of rotatable bonds is 10. The monoisotopic (exact) mass is 1020 g/mol. The summed E-state index contributed by atoms with van der Waals surface area (Å²) in [5, 5.41) is 2.72. The summed E-state index contributed by atoms with van der Waals surface area (Å²) in [6.45, 7) is 9.92. The van der Waals surface area contributed by atoms with E-state index in [1.807, 2.05) is 0 Å². The van der Waals surface area contributed by atoms with Crippen molar-refractivity contribution in [2.24, 2.45) is 0 Å². The molecule has 0 aromatic heterocycles. The smallest absolute Gasteiger partial charge is 0.0540 e. The van der Waals surface area contributed by atoms with Crippen molar-refractivity contribution >= 4 is 44.9 Å². The van der Waals surface area contributed by atoms with Crippen LogP contribution in [0.2, 0.25) is 0 Å². The Morgan fingerprint density at radius 1 is 0.295 bits per heavy atom. The Bertz CT molecular complexity index is 3340. The molecule has 0 heterocycles. The van der Waals surface area contributed by atoms with Crippen LogP contribution in [0.15, 0.2) is 158 Å². The number of nitrogens with zero attached hydrogens (tertiary/aromatic N) is 2. The van der Waals surface area contributed by atoms with Crippen LogP contribution in [0.4, 0.5) is 34.1 Å². The van der Waals surface area contributed by atoms with Gasteiger partial charge in [0.15, 0.2) is 0 Å². The maximum atomic E-state index is 2.62. The Morgan fingerprint density at radius 3 is 1.06 bits per heavy atom. The Hall–Kier alpha value is -6.38. The first kappa shape index (κ1) is 49.9. The van der Waals surface area contributed by atoms with E-state index in [4.69, 9.17) is 0 Å². The summed E-state index contributed by atoms with van der Waals surface area (Å²) >= 11 is 0. The molecule has 0 unspecified atom stereocenters. The van der Waals surface area contributed by atoms with Crippen molar-refractivity contribution in [1.29, 1.82) is 0 Å². The molecule has 6 aliphatic rings. The summed E-state index contributed by atoms with van der Waals surface area (Å²) in [5.74, 6) is 2.73. The first-order valence-electron chi connectivity index (χ1n) is 31.1. The van der Waals surface area contributed by atoms with E-state index in [2.05, 4.69) is 195 Å². The molecule has 8 aromatic carbocycles. The van der Waals surface area contributed by atoms with Gasteiger partial charge in [-0.1, -0.05) is 184 Å². The third-order valence-electron chi connectivity index (χ3n) is 20.9. The van der Waals surface area contributed by atoms with E-state index in [-0.39, 0.29) is 10.8 Å². The van der Waals surface area contributed by atoms with Gasteiger partial charge in [-0.2, -0.15) is 0 Å². The van der Waals surface area contributed by atoms with E-state index in [1.165, 1.54) is 240 Å². The van der Waals surface area contributed by atoms with Gasteiger partial charge in [0.05, 0.1) is 5.69 Å². The summed E-state index contributed by atoms with van der Waals surface area (Å²) in [7, 11) is 0. The minimum Gasteiger partial charge on any atom is -0.310 e. The van der Waals surface area contributed by atoms with Crippen LogP contribution in [-0.2, 0) is 10.8 Å². The predicted molar refractivity (Wildman–Crippen MR) is 332 cm³/mol. The molecule has 0 amide bonds. The van der Waals surface area contributed by atoms with Crippen LogP contribution in [0.3, 0.4) is 0 Å². The van der Waals surface area contributed by atoms with Crippen LogP contribution in [-0.4, -0.2) is 0 Å². The van der Waals surface area contributed by atoms with Crippen molar-refractivity contribution in [2.75, 3.05) is 9.80 Å². The van der Waals surface area contributed by atoms with Crippen LogP contribution in [0, 0.1) is 0 Å². The second kappa shape index (κ2) is 20.4. The molecule has 6 aliphatic carbocycles. The lowest BCUT2D eigenvalue weighted by Crippen LogP contribution is -2.25. The number of anilines is 6. The summed E-state index contributed by atoms with van der Waals surface area (Å²) in [4.78, 5) is 5.11. The van der Waals surface area contributed by atoms with Gasteiger partial charge in [-0.3, -0.25) is 0 Å². The van der Waals surface area contributed by atoms with Crippen molar-refractivity contribution in [3.05, 3.63) is 202 Å². The van der Waals surface area contributed by atoms with E-state index in [0.717, 1.165) is 0 Å². The largest absolute Gasteiger partial charge is 0.310 e. The standard InChI is InChI=1S/C76H82N2/c1-75(2)69-27-17-26-66-73(78(61-40-32-57(33-41-61)53-22-13-7-14-23-53)62-42-34-58(35-43-62)54-24-15-8-16-25-54)47-46-65(74(66)69)68-50-71-67(49-72(68)75)64-45-44-63(48-70(64)76(71,3)4)77(59-36-28-55(29-37-59)51-18-9-5-10-19-51)60-38-30-56(31-39-60)52-20-11-6-12-21-52/h17,26-54H,5-16,18-25H2,1-4H3. The molecule has 4 fully saturated rings. The van der Waals surface area contributed by atoms with E-state index in [0.29, 0.717) is 23.7 Å². The van der Waals surface area contributed by atoms with Crippen LogP contribution < -0.4 is 9.80 Å². The lowest BCUT2D eigenvalue weighted by Gasteiger charge is -2.37. The minimum atomic E-state index is -0.221. The molecule has 14 rings (SSSR count). The number of hydrogen-bond acceptors (Lipinski definition) is 2. The molecule has 4 saturated carbocycles. The number of hydrogen-bond donors (Lipinski definition) is 0. The third-order valence-corrected chi connectivity index (χ3v) is 20.9. The summed E-state index contributed by atoms with van der Waals surface area (Å²) in [6, 6.07) is 63.6. The second-order valence-corrected chi connectivity index (χ2v) is 26.2. The van der Waals surface area contributed by atoms with Gasteiger partial charge < -0.3 is 9.80 Å². The van der Waals surface area contributed by atoms with E-state index in [1.54, 1.807) is 0 Å². The third kappa shape index (κ3) is 8.74. The Kier molecular flexibility index (Phi) is 13.0. The molecule has 2 heteroatoms. The Morgan fingerprint density at radius 2 is 0.641 bits per heavy atom. The Labute approximate surface area is 467 Å². The van der Waals surface area contributed by atoms with Crippen LogP contribution >= 0.6 is 0 Å². The van der Waals surface area contributed by atoms with E-state index < -0.39 is 0 Å². The molecule has 0 saturated heterocycles. The molecule has 0 spiro atoms. The van der Waals surface area contributed by atoms with Gasteiger partial charge in [-0.15, -0.1) is 0 Å². The first-order chi connectivity index (χ1) is 38.2. The summed E-state index contributed by atoms with van der Waals surface area (Å²) in [5.41, 5.74) is 24.2. The van der Waals surface area contributed by atoms with Crippen LogP contribution in [0.25, 0.3) is 33.0 Å². The normalized spacial score (nSPS) is 19.3. The number of benzene rings is 8. The quantitative estimate of drug-likeness (QED) is 0.135. The van der Waals surface area contributed by atoms with Crippen LogP contribution in [0.1, 0.15) is 224 Å². The maximum absolute atomic E-state index is 2.62. The minimum absolute atomic E-state index is 0.207. The van der Waals surface area contributed by atoms with Crippen molar-refractivity contribution in [1.82, 2.24) is 0 Å². The van der Waals surface area contributed by atoms with Crippen molar-refractivity contribution in [3.63, 3.8) is 0 Å². The summed E-state index contributed by atoms with van der Waals surface area (Å²) in [6.07, 6.45) is 26.9. The molecule has 0 aliphatic heterocycles. The molecular weight excluding hydrogens is 941 g/mol. The zero-order valence-corrected chi connectivity index (χ0v) is 47.4. The molecule has 396 valence electrons. The molecule has 2 nitrogen and oxygen atoms in total. The zero-order valence-electron chi connectivity index (χ0n) is 47.4. The number of fused-ring (bicyclic) bond motifs is 5. The molecule has 0 radical (unpaired) electrons. The van der Waals surface area contributed by atoms with Crippen molar-refractivity contribution in [2.45, 2.75) is 191 Å². The fourth-order valence-corrected chi connectivity index (χ4v) is 16.3. The van der Waals surface area contributed by atoms with E-state index in [9.17, 15) is 0 Å². The predicted octanol–water partition coefficient (Wildman–Crippen LogP) is 22.6. The van der Waals surface area contributed by atoms with Crippen molar-refractivity contribution < 1.29 is 0 Å². The van der Waals surface area contributed by atoms with E-state index >= 15 is 0 Å². The molecule has 8 aromatic rings. The van der Waals surface area contributed by atoms with Gasteiger partial charge in [0, 0.05) is 44.7 Å². The fourth-order valence-electron chi connectivity index (χ4n) is 16.3. The average Bonchev–Trinajstić information content (AvgIpc) is 3.83. The fraction of sp³-hybridized carbons (Fsp3) is 0.395. The van der Waals surface area contributed by atoms with Gasteiger partial charge in [-0.05, 0) is 226 Å². The highest BCUT2D eigenvalue weighted by Crippen LogP contribution is 2.58. The zero-order chi connectivity index (χ0) is 52.5. The maximum Gasteiger partial charge on any atom is 0.0540 e. The Balaban J connectivity index is 0.853. The average molecular weight is 1020 g/mol. The SMILES string of the molecule is CC1(C)c2cc(N(c3ccc(C4CCCCC4)cc3)c3ccc(C4CCCCC4)cc3)ccc2-c2cc3c(cc21)-c1ccc(N(c2ccc(C4CCCCC4)cc2)c2ccc(C4CCCCC4)cc2)c2cccc(c12)C3(C)C. The van der Waals surface area contributed by atoms with Gasteiger partial charge in [-0.25, -0.2) is 0 Å². The second-order valence-electron chi connectivity index (χ2n) is 26.2. The van der Waals surface area contributed by atoms with Gasteiger partial charge >= 0.3 is 0 Å². The first-order valence-corrected chi connectivity index (χ1v) is 31.1.